The van der Waals surface area contributed by atoms with Crippen LogP contribution in [0.2, 0.25) is 0 Å². The van der Waals surface area contributed by atoms with Crippen LogP contribution in [0.3, 0.4) is 0 Å². The van der Waals surface area contributed by atoms with Crippen molar-refractivity contribution in [3.8, 4) is 0 Å². The van der Waals surface area contributed by atoms with Crippen molar-refractivity contribution in [3.63, 3.8) is 0 Å². The van der Waals surface area contributed by atoms with Crippen molar-refractivity contribution < 1.29 is 14.3 Å². The maximum Gasteiger partial charge on any atom is 0.264 e. The smallest absolute Gasteiger partial charge is 0.264 e. The zero-order valence-electron chi connectivity index (χ0n) is 8.34. The molecule has 6 heteroatoms. The summed E-state index contributed by atoms with van der Waals surface area (Å²) < 4.78 is 5.11. The molecule has 1 aliphatic rings. The van der Waals surface area contributed by atoms with Gasteiger partial charge in [-0.15, -0.1) is 0 Å². The molecule has 1 fully saturated rings. The van der Waals surface area contributed by atoms with Crippen molar-refractivity contribution in [1.29, 1.82) is 0 Å². The average Bonchev–Trinajstić information content (AvgIpc) is 2.87. The molecule has 0 aromatic carbocycles. The van der Waals surface area contributed by atoms with Crippen LogP contribution in [0.1, 0.15) is 5.76 Å². The number of amidine groups is 1. The molecule has 0 radical (unpaired) electrons. The summed E-state index contributed by atoms with van der Waals surface area (Å²) in [5.74, 6) is 0.430. The third kappa shape index (κ3) is 2.53. The molecule has 1 aromatic heterocycles. The van der Waals surface area contributed by atoms with E-state index in [-0.39, 0.29) is 19.1 Å². The van der Waals surface area contributed by atoms with Crippen LogP contribution in [0.15, 0.2) is 32.7 Å². The Morgan fingerprint density at radius 2 is 2.50 bits per heavy atom. The number of rotatable bonds is 3. The molecular weight excluding hydrogens is 228 g/mol. The Balaban J connectivity index is 2.11. The van der Waals surface area contributed by atoms with Gasteiger partial charge in [-0.05, 0) is 23.9 Å². The van der Waals surface area contributed by atoms with Crippen molar-refractivity contribution in [2.24, 2.45) is 4.99 Å². The first kappa shape index (κ1) is 11.0. The summed E-state index contributed by atoms with van der Waals surface area (Å²) in [5, 5.41) is 11.7. The van der Waals surface area contributed by atoms with Crippen LogP contribution in [0.25, 0.3) is 6.08 Å². The van der Waals surface area contributed by atoms with Crippen LogP contribution in [-0.2, 0) is 4.79 Å². The number of carbonyl (C=O) groups is 1. The molecular formula is C10H10N2O3S. The molecule has 2 rings (SSSR count). The maximum absolute atomic E-state index is 11.5. The minimum Gasteiger partial charge on any atom is -0.465 e. The molecule has 0 saturated carbocycles. The summed E-state index contributed by atoms with van der Waals surface area (Å²) in [7, 11) is 0. The topological polar surface area (TPSA) is 74.8 Å². The molecule has 2 heterocycles. The van der Waals surface area contributed by atoms with Crippen LogP contribution in [0.4, 0.5) is 0 Å². The molecule has 1 amide bonds. The predicted molar refractivity (Wildman–Crippen MR) is 61.8 cm³/mol. The molecule has 0 aliphatic carbocycles. The number of hydrogen-bond donors (Lipinski definition) is 2. The van der Waals surface area contributed by atoms with Crippen LogP contribution in [0.5, 0.6) is 0 Å². The highest BCUT2D eigenvalue weighted by Gasteiger charge is 2.23. The van der Waals surface area contributed by atoms with E-state index in [9.17, 15) is 4.79 Å². The molecule has 1 saturated heterocycles. The number of nitrogens with one attached hydrogen (secondary N) is 1. The third-order valence-electron chi connectivity index (χ3n) is 1.82. The highest BCUT2D eigenvalue weighted by Crippen LogP contribution is 2.25. The molecule has 1 aromatic rings. The number of hydrogen-bond acceptors (Lipinski definition) is 5. The van der Waals surface area contributed by atoms with E-state index in [1.165, 1.54) is 11.8 Å². The van der Waals surface area contributed by atoms with E-state index in [4.69, 9.17) is 9.52 Å². The van der Waals surface area contributed by atoms with Crippen molar-refractivity contribution in [1.82, 2.24) is 5.32 Å². The lowest BCUT2D eigenvalue weighted by atomic mass is 10.4. The lowest BCUT2D eigenvalue weighted by molar-refractivity contribution is -0.115. The number of carbonyl (C=O) groups excluding carboxylic acids is 1. The van der Waals surface area contributed by atoms with Gasteiger partial charge in [-0.1, -0.05) is 0 Å². The van der Waals surface area contributed by atoms with Gasteiger partial charge >= 0.3 is 0 Å². The second-order valence-corrected chi connectivity index (χ2v) is 4.02. The Kier molecular flexibility index (Phi) is 3.43. The Hall–Kier alpha value is -1.53. The molecule has 0 unspecified atom stereocenters. The number of thioether (sulfide) groups is 1. The highest BCUT2D eigenvalue weighted by atomic mass is 32.2. The van der Waals surface area contributed by atoms with Crippen LogP contribution in [0, 0.1) is 0 Å². The van der Waals surface area contributed by atoms with Gasteiger partial charge in [0.25, 0.3) is 5.91 Å². The maximum atomic E-state index is 11.5. The van der Waals surface area contributed by atoms with Gasteiger partial charge in [0.15, 0.2) is 5.17 Å². The minimum absolute atomic E-state index is 0.0306. The van der Waals surface area contributed by atoms with Crippen LogP contribution >= 0.6 is 11.8 Å². The fourth-order valence-corrected chi connectivity index (χ4v) is 1.98. The van der Waals surface area contributed by atoms with Gasteiger partial charge in [-0.25, -0.2) is 0 Å². The minimum atomic E-state index is -0.196. The van der Waals surface area contributed by atoms with Crippen molar-refractivity contribution in [2.75, 3.05) is 13.2 Å². The van der Waals surface area contributed by atoms with Gasteiger partial charge in [-0.3, -0.25) is 9.79 Å². The second-order valence-electron chi connectivity index (χ2n) is 2.99. The zero-order chi connectivity index (χ0) is 11.4. The van der Waals surface area contributed by atoms with Crippen LogP contribution < -0.4 is 5.32 Å². The first-order chi connectivity index (χ1) is 7.79. The number of aliphatic hydroxyl groups excluding tert-OH is 1. The van der Waals surface area contributed by atoms with Crippen molar-refractivity contribution in [3.05, 3.63) is 29.1 Å². The van der Waals surface area contributed by atoms with Gasteiger partial charge in [0, 0.05) is 6.08 Å². The van der Waals surface area contributed by atoms with E-state index >= 15 is 0 Å². The highest BCUT2D eigenvalue weighted by molar-refractivity contribution is 8.18. The second kappa shape index (κ2) is 5.00. The molecule has 2 N–H and O–H groups in total. The normalized spacial score (nSPS) is 20.7. The predicted octanol–water partition coefficient (Wildman–Crippen LogP) is 0.832. The summed E-state index contributed by atoms with van der Waals surface area (Å²) in [5.41, 5.74) is 0. The number of nitrogens with zero attached hydrogens (tertiary/aromatic N) is 1. The van der Waals surface area contributed by atoms with Gasteiger partial charge in [0.1, 0.15) is 5.76 Å². The third-order valence-corrected chi connectivity index (χ3v) is 2.77. The lowest BCUT2D eigenvalue weighted by Gasteiger charge is -1.91. The average molecular weight is 238 g/mol. The quantitative estimate of drug-likeness (QED) is 0.765. The fraction of sp³-hybridized carbons (Fsp3) is 0.200. The number of aliphatic imine (C=N–C) groups is 1. The molecule has 0 spiro atoms. The molecule has 0 atom stereocenters. The van der Waals surface area contributed by atoms with E-state index in [0.29, 0.717) is 15.8 Å². The number of aliphatic hydroxyl groups is 1. The van der Waals surface area contributed by atoms with Gasteiger partial charge < -0.3 is 14.8 Å². The summed E-state index contributed by atoms with van der Waals surface area (Å²) >= 11 is 1.24. The fourth-order valence-electron chi connectivity index (χ4n) is 1.16. The number of furan rings is 1. The van der Waals surface area contributed by atoms with E-state index in [1.54, 1.807) is 24.5 Å². The first-order valence-corrected chi connectivity index (χ1v) is 5.51. The SMILES string of the molecule is O=C1NC(=NCCO)S/C1=C\c1ccco1. The van der Waals surface area contributed by atoms with E-state index in [1.807, 2.05) is 0 Å². The van der Waals surface area contributed by atoms with Gasteiger partial charge in [-0.2, -0.15) is 0 Å². The van der Waals surface area contributed by atoms with E-state index < -0.39 is 0 Å². The molecule has 5 nitrogen and oxygen atoms in total. The van der Waals surface area contributed by atoms with Gasteiger partial charge in [0.2, 0.25) is 0 Å². The Bertz CT molecular complexity index is 437. The number of amides is 1. The zero-order valence-corrected chi connectivity index (χ0v) is 9.16. The van der Waals surface area contributed by atoms with E-state index in [0.717, 1.165) is 0 Å². The van der Waals surface area contributed by atoms with E-state index in [2.05, 4.69) is 10.3 Å². The first-order valence-electron chi connectivity index (χ1n) is 4.69. The summed E-state index contributed by atoms with van der Waals surface area (Å²) in [6.07, 6.45) is 3.20. The van der Waals surface area contributed by atoms with Gasteiger partial charge in [0.05, 0.1) is 24.3 Å². The molecule has 84 valence electrons. The van der Waals surface area contributed by atoms with Crippen molar-refractivity contribution >= 4 is 28.9 Å². The monoisotopic (exact) mass is 238 g/mol. The molecule has 16 heavy (non-hydrogen) atoms. The Morgan fingerprint density at radius 3 is 3.19 bits per heavy atom. The Morgan fingerprint density at radius 1 is 1.62 bits per heavy atom. The standard InChI is InChI=1S/C10H10N2O3S/c13-4-3-11-10-12-9(14)8(16-10)6-7-2-1-5-15-7/h1-2,5-6,13H,3-4H2,(H,11,12,14)/b8-6-. The summed E-state index contributed by atoms with van der Waals surface area (Å²) in [6, 6.07) is 3.52. The Labute approximate surface area is 96.2 Å². The molecule has 1 aliphatic heterocycles. The summed E-state index contributed by atoms with van der Waals surface area (Å²) in [4.78, 5) is 16.0. The summed E-state index contributed by atoms with van der Waals surface area (Å²) in [6.45, 7) is 0.258. The largest absolute Gasteiger partial charge is 0.465 e. The van der Waals surface area contributed by atoms with Crippen LogP contribution in [-0.4, -0.2) is 29.3 Å². The molecule has 0 bridgehead atoms. The lowest BCUT2D eigenvalue weighted by Crippen LogP contribution is -2.20. The van der Waals surface area contributed by atoms with Crippen molar-refractivity contribution in [2.45, 2.75) is 0 Å².